The molecule has 0 radical (unpaired) electrons. The Bertz CT molecular complexity index is 510. The molecule has 0 fully saturated rings. The second kappa shape index (κ2) is 3.65. The lowest BCUT2D eigenvalue weighted by atomic mass is 10.3. The molecule has 0 saturated heterocycles. The third-order valence-electron chi connectivity index (χ3n) is 1.94. The van der Waals surface area contributed by atoms with Crippen LogP contribution in [0.3, 0.4) is 0 Å². The fraction of sp³-hybridized carbons (Fsp3) is 0.182. The highest BCUT2D eigenvalue weighted by Gasteiger charge is 2.04. The van der Waals surface area contributed by atoms with E-state index in [0.29, 0.717) is 17.0 Å². The minimum absolute atomic E-state index is 0.161. The van der Waals surface area contributed by atoms with Gasteiger partial charge in [-0.15, -0.1) is 0 Å². The number of ether oxygens (including phenoxy) is 1. The second-order valence-electron chi connectivity index (χ2n) is 3.17. The van der Waals surface area contributed by atoms with Crippen LogP contribution in [0.4, 0.5) is 0 Å². The highest BCUT2D eigenvalue weighted by atomic mass is 16.5. The predicted molar refractivity (Wildman–Crippen MR) is 56.8 cm³/mol. The Balaban J connectivity index is 2.51. The summed E-state index contributed by atoms with van der Waals surface area (Å²) in [4.78, 5) is 4.18. The van der Waals surface area contributed by atoms with E-state index in [2.05, 4.69) is 4.98 Å². The van der Waals surface area contributed by atoms with E-state index in [1.165, 1.54) is 6.08 Å². The van der Waals surface area contributed by atoms with Crippen LogP contribution in [0.2, 0.25) is 0 Å². The number of fused-ring (bicyclic) bond motifs is 1. The zero-order chi connectivity index (χ0) is 10.8. The summed E-state index contributed by atoms with van der Waals surface area (Å²) in [5, 5.41) is 9.07. The molecule has 0 spiro atoms. The number of methoxy groups -OCH3 is 1. The van der Waals surface area contributed by atoms with Crippen molar-refractivity contribution < 1.29 is 14.3 Å². The highest BCUT2D eigenvalue weighted by Crippen LogP contribution is 2.21. The molecule has 1 aromatic heterocycles. The fourth-order valence-electron chi connectivity index (χ4n) is 1.29. The number of aliphatic hydroxyl groups excluding tert-OH is 1. The molecule has 0 aliphatic carbocycles. The molecule has 0 saturated carbocycles. The summed E-state index contributed by atoms with van der Waals surface area (Å²) in [7, 11) is 1.60. The van der Waals surface area contributed by atoms with Crippen LogP contribution in [0.1, 0.15) is 12.8 Å². The van der Waals surface area contributed by atoms with E-state index in [0.717, 1.165) is 5.75 Å². The van der Waals surface area contributed by atoms with Crippen molar-refractivity contribution in [1.82, 2.24) is 4.98 Å². The molecule has 78 valence electrons. The van der Waals surface area contributed by atoms with Gasteiger partial charge < -0.3 is 14.3 Å². The molecule has 4 heteroatoms. The Labute approximate surface area is 86.8 Å². The van der Waals surface area contributed by atoms with Crippen LogP contribution < -0.4 is 4.74 Å². The molecule has 1 N–H and O–H groups in total. The molecule has 15 heavy (non-hydrogen) atoms. The lowest BCUT2D eigenvalue weighted by Gasteiger charge is -1.95. The normalized spacial score (nSPS) is 12.0. The average Bonchev–Trinajstić information content (AvgIpc) is 2.57. The van der Waals surface area contributed by atoms with E-state index < -0.39 is 0 Å². The largest absolute Gasteiger partial charge is 0.512 e. The summed E-state index contributed by atoms with van der Waals surface area (Å²) in [5.41, 5.74) is 1.38. The summed E-state index contributed by atoms with van der Waals surface area (Å²) in [5.74, 6) is 1.28. The number of hydrogen-bond donors (Lipinski definition) is 1. The minimum Gasteiger partial charge on any atom is -0.512 e. The van der Waals surface area contributed by atoms with Crippen molar-refractivity contribution in [1.29, 1.82) is 0 Å². The highest BCUT2D eigenvalue weighted by molar-refractivity contribution is 5.75. The zero-order valence-corrected chi connectivity index (χ0v) is 8.52. The number of hydrogen-bond acceptors (Lipinski definition) is 4. The number of aliphatic hydroxyl groups is 1. The third kappa shape index (κ3) is 1.93. The van der Waals surface area contributed by atoms with Crippen molar-refractivity contribution in [3.63, 3.8) is 0 Å². The van der Waals surface area contributed by atoms with Crippen LogP contribution in [0, 0.1) is 0 Å². The lowest BCUT2D eigenvalue weighted by molar-refractivity contribution is 0.415. The molecule has 0 bridgehead atoms. The maximum atomic E-state index is 9.07. The molecule has 2 rings (SSSR count). The minimum atomic E-state index is 0.161. The van der Waals surface area contributed by atoms with Crippen molar-refractivity contribution in [2.24, 2.45) is 0 Å². The van der Waals surface area contributed by atoms with Gasteiger partial charge in [0.25, 0.3) is 0 Å². The van der Waals surface area contributed by atoms with E-state index in [-0.39, 0.29) is 5.76 Å². The average molecular weight is 205 g/mol. The Morgan fingerprint density at radius 2 is 2.33 bits per heavy atom. The Kier molecular flexibility index (Phi) is 2.33. The van der Waals surface area contributed by atoms with Gasteiger partial charge in [-0.2, -0.15) is 0 Å². The van der Waals surface area contributed by atoms with Crippen molar-refractivity contribution in [2.45, 2.75) is 6.92 Å². The quantitative estimate of drug-likeness (QED) is 0.766. The van der Waals surface area contributed by atoms with Crippen molar-refractivity contribution >= 4 is 17.2 Å². The summed E-state index contributed by atoms with van der Waals surface area (Å²) in [6.07, 6.45) is 1.46. The van der Waals surface area contributed by atoms with E-state index in [4.69, 9.17) is 14.3 Å². The van der Waals surface area contributed by atoms with Gasteiger partial charge in [-0.1, -0.05) is 0 Å². The van der Waals surface area contributed by atoms with Gasteiger partial charge >= 0.3 is 0 Å². The fourth-order valence-corrected chi connectivity index (χ4v) is 1.29. The van der Waals surface area contributed by atoms with Gasteiger partial charge in [-0.25, -0.2) is 4.98 Å². The van der Waals surface area contributed by atoms with E-state index in [1.807, 2.05) is 0 Å². The van der Waals surface area contributed by atoms with Crippen LogP contribution in [0.25, 0.3) is 17.2 Å². The van der Waals surface area contributed by atoms with Crippen molar-refractivity contribution in [3.8, 4) is 5.75 Å². The molecule has 0 aliphatic rings. The van der Waals surface area contributed by atoms with Crippen LogP contribution in [0.5, 0.6) is 5.75 Å². The summed E-state index contributed by atoms with van der Waals surface area (Å²) < 4.78 is 10.4. The van der Waals surface area contributed by atoms with Crippen LogP contribution in [-0.4, -0.2) is 17.2 Å². The maximum absolute atomic E-state index is 9.07. The number of allylic oxidation sites excluding steroid dienone is 1. The Morgan fingerprint density at radius 3 is 3.00 bits per heavy atom. The summed E-state index contributed by atoms with van der Waals surface area (Å²) >= 11 is 0. The van der Waals surface area contributed by atoms with E-state index in [9.17, 15) is 0 Å². The molecule has 0 amide bonds. The van der Waals surface area contributed by atoms with Gasteiger partial charge in [0.2, 0.25) is 5.89 Å². The number of benzene rings is 1. The predicted octanol–water partition coefficient (Wildman–Crippen LogP) is 2.76. The first-order chi connectivity index (χ1) is 7.19. The Hall–Kier alpha value is -1.97. The monoisotopic (exact) mass is 205 g/mol. The van der Waals surface area contributed by atoms with Crippen LogP contribution in [0.15, 0.2) is 28.4 Å². The van der Waals surface area contributed by atoms with E-state index in [1.54, 1.807) is 32.2 Å². The molecular weight excluding hydrogens is 194 g/mol. The first-order valence-corrected chi connectivity index (χ1v) is 4.51. The second-order valence-corrected chi connectivity index (χ2v) is 3.17. The summed E-state index contributed by atoms with van der Waals surface area (Å²) in [6.45, 7) is 1.56. The first kappa shape index (κ1) is 9.58. The van der Waals surface area contributed by atoms with Crippen LogP contribution >= 0.6 is 0 Å². The van der Waals surface area contributed by atoms with Gasteiger partial charge in [-0.05, 0) is 19.1 Å². The number of aromatic nitrogens is 1. The van der Waals surface area contributed by atoms with Crippen molar-refractivity contribution in [3.05, 3.63) is 29.8 Å². The topological polar surface area (TPSA) is 55.5 Å². The molecule has 2 aromatic rings. The van der Waals surface area contributed by atoms with Gasteiger partial charge in [0.05, 0.1) is 12.9 Å². The standard InChI is InChI=1S/C11H11NO3/c1-7(13)5-11-12-9-6-8(14-2)3-4-10(9)15-11/h3-6,13H,1-2H3. The maximum Gasteiger partial charge on any atom is 0.223 e. The smallest absolute Gasteiger partial charge is 0.223 e. The van der Waals surface area contributed by atoms with Crippen LogP contribution in [-0.2, 0) is 0 Å². The molecule has 1 aromatic carbocycles. The van der Waals surface area contributed by atoms with Gasteiger partial charge in [0, 0.05) is 12.1 Å². The molecule has 0 aliphatic heterocycles. The third-order valence-corrected chi connectivity index (χ3v) is 1.94. The summed E-state index contributed by atoms with van der Waals surface area (Å²) in [6, 6.07) is 5.36. The molecule has 4 nitrogen and oxygen atoms in total. The van der Waals surface area contributed by atoms with Gasteiger partial charge in [-0.3, -0.25) is 0 Å². The Morgan fingerprint density at radius 1 is 1.53 bits per heavy atom. The molecule has 0 unspecified atom stereocenters. The molecule has 1 heterocycles. The molecule has 0 atom stereocenters. The van der Waals surface area contributed by atoms with Crippen molar-refractivity contribution in [2.75, 3.05) is 7.11 Å². The number of oxazole rings is 1. The number of rotatable bonds is 2. The van der Waals surface area contributed by atoms with Gasteiger partial charge in [0.1, 0.15) is 11.3 Å². The number of nitrogens with zero attached hydrogens (tertiary/aromatic N) is 1. The SMILES string of the molecule is COc1ccc2oc(C=C(C)O)nc2c1. The van der Waals surface area contributed by atoms with Gasteiger partial charge in [0.15, 0.2) is 5.58 Å². The lowest BCUT2D eigenvalue weighted by Crippen LogP contribution is -1.80. The molecular formula is C11H11NO3. The zero-order valence-electron chi connectivity index (χ0n) is 8.52. The van der Waals surface area contributed by atoms with E-state index >= 15 is 0 Å². The first-order valence-electron chi connectivity index (χ1n) is 4.51.